The van der Waals surface area contributed by atoms with Crippen molar-refractivity contribution in [2.75, 3.05) is 12.3 Å². The van der Waals surface area contributed by atoms with Gasteiger partial charge in [-0.1, -0.05) is 38.5 Å². The van der Waals surface area contributed by atoms with E-state index in [-0.39, 0.29) is 28.8 Å². The minimum absolute atomic E-state index is 0.112. The van der Waals surface area contributed by atoms with Crippen LogP contribution < -0.4 is 10.9 Å². The first-order valence-electron chi connectivity index (χ1n) is 9.60. The van der Waals surface area contributed by atoms with E-state index in [9.17, 15) is 22.8 Å². The van der Waals surface area contributed by atoms with Crippen molar-refractivity contribution in [3.63, 3.8) is 0 Å². The van der Waals surface area contributed by atoms with Crippen LogP contribution in [-0.4, -0.2) is 38.2 Å². The van der Waals surface area contributed by atoms with Crippen molar-refractivity contribution in [1.29, 1.82) is 0 Å². The highest BCUT2D eigenvalue weighted by Gasteiger charge is 2.34. The maximum absolute atomic E-state index is 12.9. The summed E-state index contributed by atoms with van der Waals surface area (Å²) in [6.45, 7) is 4.15. The van der Waals surface area contributed by atoms with E-state index in [0.29, 0.717) is 19.4 Å². The minimum atomic E-state index is -3.63. The first-order chi connectivity index (χ1) is 13.2. The Kier molecular flexibility index (Phi) is 7.88. The van der Waals surface area contributed by atoms with Gasteiger partial charge in [-0.3, -0.25) is 19.8 Å². The van der Waals surface area contributed by atoms with Crippen molar-refractivity contribution in [1.82, 2.24) is 10.9 Å². The normalized spacial score (nSPS) is 20.0. The largest absolute Gasteiger partial charge is 0.301 e. The van der Waals surface area contributed by atoms with Crippen LogP contribution in [0.15, 0.2) is 35.2 Å². The fourth-order valence-corrected chi connectivity index (χ4v) is 5.14. The maximum Gasteiger partial charge on any atom is 0.301 e. The topological polar surface area (TPSA) is 109 Å². The summed E-state index contributed by atoms with van der Waals surface area (Å²) in [5.74, 6) is -3.61. The Morgan fingerprint density at radius 2 is 1.82 bits per heavy atom. The Morgan fingerprint density at radius 3 is 2.46 bits per heavy atom. The molecule has 1 heterocycles. The zero-order valence-electron chi connectivity index (χ0n) is 16.3. The maximum atomic E-state index is 12.9. The molecule has 1 aromatic carbocycles. The molecule has 0 aliphatic carbocycles. The number of carbonyl (C=O) groups excluding carboxylic acids is 3. The van der Waals surface area contributed by atoms with Gasteiger partial charge in [0.1, 0.15) is 5.78 Å². The summed E-state index contributed by atoms with van der Waals surface area (Å²) in [6, 6.07) is 8.03. The Bertz CT molecular complexity index is 805. The molecule has 8 heteroatoms. The summed E-state index contributed by atoms with van der Waals surface area (Å²) in [7, 11) is -3.63. The number of Topliss-reactive ketones (excluding diaryl/α,β-unsaturated/α-hetero) is 2. The highest BCUT2D eigenvalue weighted by Crippen LogP contribution is 2.25. The highest BCUT2D eigenvalue weighted by atomic mass is 32.2. The Morgan fingerprint density at radius 1 is 1.14 bits per heavy atom. The number of hydrazine groups is 1. The molecule has 2 unspecified atom stereocenters. The average molecular weight is 409 g/mol. The van der Waals surface area contributed by atoms with Crippen molar-refractivity contribution in [2.45, 2.75) is 44.4 Å². The Hall–Kier alpha value is -2.06. The molecule has 7 nitrogen and oxygen atoms in total. The molecule has 2 rings (SSSR count). The van der Waals surface area contributed by atoms with E-state index in [1.54, 1.807) is 32.0 Å². The molecule has 2 N–H and O–H groups in total. The summed E-state index contributed by atoms with van der Waals surface area (Å²) in [5, 5.41) is 0. The number of hydrogen-bond acceptors (Lipinski definition) is 6. The SMILES string of the molecule is CC(C)C(CS(=O)(=O)c1ccccc1)C(=O)CC1CCCCNNC(=O)C1=O. The molecule has 1 aromatic rings. The molecular weight excluding hydrogens is 380 g/mol. The molecule has 1 aliphatic rings. The van der Waals surface area contributed by atoms with Crippen molar-refractivity contribution in [2.24, 2.45) is 17.8 Å². The molecule has 0 saturated carbocycles. The van der Waals surface area contributed by atoms with Gasteiger partial charge in [0.25, 0.3) is 0 Å². The van der Waals surface area contributed by atoms with Crippen molar-refractivity contribution in [3.05, 3.63) is 30.3 Å². The first kappa shape index (κ1) is 22.2. The quantitative estimate of drug-likeness (QED) is 0.665. The molecule has 28 heavy (non-hydrogen) atoms. The van der Waals surface area contributed by atoms with Gasteiger partial charge in [-0.25, -0.2) is 13.8 Å². The number of nitrogens with one attached hydrogen (secondary N) is 2. The summed E-state index contributed by atoms with van der Waals surface area (Å²) >= 11 is 0. The van der Waals surface area contributed by atoms with E-state index in [2.05, 4.69) is 10.9 Å². The Labute approximate surface area is 166 Å². The molecule has 0 spiro atoms. The van der Waals surface area contributed by atoms with Gasteiger partial charge in [0, 0.05) is 24.8 Å². The number of benzene rings is 1. The van der Waals surface area contributed by atoms with Crippen LogP contribution in [0.5, 0.6) is 0 Å². The molecule has 1 saturated heterocycles. The number of rotatable bonds is 7. The van der Waals surface area contributed by atoms with E-state index in [1.165, 1.54) is 12.1 Å². The molecular formula is C20H28N2O5S. The molecule has 1 fully saturated rings. The summed E-state index contributed by atoms with van der Waals surface area (Å²) in [5.41, 5.74) is 5.03. The van der Waals surface area contributed by atoms with Crippen LogP contribution in [0.25, 0.3) is 0 Å². The fourth-order valence-electron chi connectivity index (χ4n) is 3.33. The zero-order valence-corrected chi connectivity index (χ0v) is 17.1. The summed E-state index contributed by atoms with van der Waals surface area (Å²) in [6.07, 6.45) is 1.81. The molecule has 0 radical (unpaired) electrons. The van der Waals surface area contributed by atoms with Crippen LogP contribution in [0.1, 0.15) is 39.5 Å². The lowest BCUT2D eigenvalue weighted by Crippen LogP contribution is -2.43. The lowest BCUT2D eigenvalue weighted by atomic mass is 9.84. The smallest absolute Gasteiger partial charge is 0.299 e. The summed E-state index contributed by atoms with van der Waals surface area (Å²) in [4.78, 5) is 37.4. The monoisotopic (exact) mass is 408 g/mol. The third-order valence-electron chi connectivity index (χ3n) is 5.07. The first-order valence-corrected chi connectivity index (χ1v) is 11.2. The van der Waals surface area contributed by atoms with Crippen LogP contribution in [0.3, 0.4) is 0 Å². The molecule has 1 amide bonds. The van der Waals surface area contributed by atoms with Gasteiger partial charge in [-0.15, -0.1) is 0 Å². The number of sulfone groups is 1. The summed E-state index contributed by atoms with van der Waals surface area (Å²) < 4.78 is 25.4. The Balaban J connectivity index is 2.15. The highest BCUT2D eigenvalue weighted by molar-refractivity contribution is 7.91. The van der Waals surface area contributed by atoms with Gasteiger partial charge in [0.05, 0.1) is 10.6 Å². The van der Waals surface area contributed by atoms with Crippen LogP contribution in [0.4, 0.5) is 0 Å². The third kappa shape index (κ3) is 5.97. The van der Waals surface area contributed by atoms with E-state index in [1.807, 2.05) is 0 Å². The number of ketones is 2. The standard InChI is InChI=1S/C20H28N2O5S/c1-14(2)17(13-28(26,27)16-9-4-3-5-10-16)18(23)12-15-8-6-7-11-21-22-20(25)19(15)24/h3-5,9-10,14-15,17,21H,6-8,11-13H2,1-2H3,(H,22,25). The van der Waals surface area contributed by atoms with Gasteiger partial charge >= 0.3 is 5.91 Å². The molecule has 0 aromatic heterocycles. The number of carbonyl (C=O) groups is 3. The third-order valence-corrected chi connectivity index (χ3v) is 6.86. The molecule has 2 atom stereocenters. The van der Waals surface area contributed by atoms with Gasteiger partial charge in [0.2, 0.25) is 5.78 Å². The predicted octanol–water partition coefficient (Wildman–Crippen LogP) is 1.68. The van der Waals surface area contributed by atoms with Crippen molar-refractivity contribution in [3.8, 4) is 0 Å². The molecule has 1 aliphatic heterocycles. The second kappa shape index (κ2) is 9.93. The van der Waals surface area contributed by atoms with Gasteiger partial charge in [-0.05, 0) is 30.9 Å². The van der Waals surface area contributed by atoms with E-state index < -0.39 is 33.4 Å². The predicted molar refractivity (Wildman–Crippen MR) is 105 cm³/mol. The lowest BCUT2D eigenvalue weighted by molar-refractivity contribution is -0.142. The van der Waals surface area contributed by atoms with Crippen LogP contribution >= 0.6 is 0 Å². The number of amides is 1. The van der Waals surface area contributed by atoms with Crippen LogP contribution in [0, 0.1) is 17.8 Å². The zero-order chi connectivity index (χ0) is 20.7. The van der Waals surface area contributed by atoms with E-state index in [0.717, 1.165) is 6.42 Å². The van der Waals surface area contributed by atoms with Crippen LogP contribution in [0.2, 0.25) is 0 Å². The average Bonchev–Trinajstić information content (AvgIpc) is 2.73. The molecule has 0 bridgehead atoms. The van der Waals surface area contributed by atoms with Crippen molar-refractivity contribution >= 4 is 27.3 Å². The lowest BCUT2D eigenvalue weighted by Gasteiger charge is -2.22. The minimum Gasteiger partial charge on any atom is -0.299 e. The van der Waals surface area contributed by atoms with Crippen LogP contribution in [-0.2, 0) is 24.2 Å². The number of hydrogen-bond donors (Lipinski definition) is 2. The molecule has 154 valence electrons. The van der Waals surface area contributed by atoms with Gasteiger partial charge in [0.15, 0.2) is 9.84 Å². The van der Waals surface area contributed by atoms with E-state index >= 15 is 0 Å². The van der Waals surface area contributed by atoms with E-state index in [4.69, 9.17) is 0 Å². The fraction of sp³-hybridized carbons (Fsp3) is 0.550. The van der Waals surface area contributed by atoms with Gasteiger partial charge < -0.3 is 0 Å². The van der Waals surface area contributed by atoms with Gasteiger partial charge in [-0.2, -0.15) is 0 Å². The second-order valence-electron chi connectivity index (χ2n) is 7.55. The van der Waals surface area contributed by atoms with Crippen molar-refractivity contribution < 1.29 is 22.8 Å². The second-order valence-corrected chi connectivity index (χ2v) is 9.59.